The quantitative estimate of drug-likeness (QED) is 0.459. The zero-order chi connectivity index (χ0) is 22.0. The Morgan fingerprint density at radius 2 is 2.13 bits per heavy atom. The number of anilines is 1. The zero-order valence-corrected chi connectivity index (χ0v) is 16.7. The maximum absolute atomic E-state index is 12.7. The van der Waals surface area contributed by atoms with Crippen LogP contribution in [0.3, 0.4) is 0 Å². The minimum atomic E-state index is -1.61. The van der Waals surface area contributed by atoms with E-state index >= 15 is 0 Å². The van der Waals surface area contributed by atoms with Crippen LogP contribution in [0.5, 0.6) is 6.01 Å². The Balaban J connectivity index is 1.79. The summed E-state index contributed by atoms with van der Waals surface area (Å²) >= 11 is 0. The van der Waals surface area contributed by atoms with Gasteiger partial charge in [0, 0.05) is 24.8 Å². The van der Waals surface area contributed by atoms with Crippen molar-refractivity contribution >= 4 is 17.0 Å². The van der Waals surface area contributed by atoms with E-state index in [4.69, 9.17) is 15.0 Å². The molecule has 0 fully saturated rings. The van der Waals surface area contributed by atoms with Crippen molar-refractivity contribution < 1.29 is 18.8 Å². The Hall–Kier alpha value is -4.04. The number of fused-ring (bicyclic) bond motifs is 1. The molecular formula is C20H18FN7O3. The topological polar surface area (TPSA) is 138 Å². The van der Waals surface area contributed by atoms with Gasteiger partial charge in [-0.1, -0.05) is 17.0 Å². The normalized spacial score (nSPS) is 12.9. The van der Waals surface area contributed by atoms with Crippen LogP contribution in [0.25, 0.3) is 16.9 Å². The summed E-state index contributed by atoms with van der Waals surface area (Å²) in [5, 5.41) is 14.3. The van der Waals surface area contributed by atoms with Gasteiger partial charge in [-0.3, -0.25) is 0 Å². The molecule has 4 aromatic rings. The van der Waals surface area contributed by atoms with Crippen LogP contribution < -0.4 is 10.5 Å². The summed E-state index contributed by atoms with van der Waals surface area (Å²) in [6.07, 6.45) is 1.50. The Morgan fingerprint density at radius 3 is 2.84 bits per heavy atom. The highest BCUT2D eigenvalue weighted by atomic mass is 19.1. The summed E-state index contributed by atoms with van der Waals surface area (Å²) in [6, 6.07) is 6.99. The first-order valence-corrected chi connectivity index (χ1v) is 9.24. The number of imidazole rings is 1. The van der Waals surface area contributed by atoms with Crippen molar-refractivity contribution in [1.29, 1.82) is 0 Å². The SMILES string of the molecule is Cc1nc([C@](C)(O)C#Cc2ccc3nc(OCCF)n(-c4ccnc(N)n4)c3c2)no1. The lowest BCUT2D eigenvalue weighted by molar-refractivity contribution is 0.108. The molecule has 3 heterocycles. The van der Waals surface area contributed by atoms with Crippen molar-refractivity contribution in [2.24, 2.45) is 0 Å². The molecule has 0 saturated heterocycles. The third kappa shape index (κ3) is 4.15. The van der Waals surface area contributed by atoms with Gasteiger partial charge in [-0.05, 0) is 25.1 Å². The van der Waals surface area contributed by atoms with Gasteiger partial charge in [-0.2, -0.15) is 15.0 Å². The van der Waals surface area contributed by atoms with Gasteiger partial charge in [0.15, 0.2) is 5.60 Å². The summed E-state index contributed by atoms with van der Waals surface area (Å²) in [5.41, 5.74) is 5.87. The van der Waals surface area contributed by atoms with Gasteiger partial charge in [-0.15, -0.1) is 0 Å². The van der Waals surface area contributed by atoms with Gasteiger partial charge < -0.3 is 20.1 Å². The predicted molar refractivity (Wildman–Crippen MR) is 108 cm³/mol. The number of alkyl halides is 1. The molecule has 10 nitrogen and oxygen atoms in total. The van der Waals surface area contributed by atoms with Gasteiger partial charge in [-0.25, -0.2) is 13.9 Å². The largest absolute Gasteiger partial charge is 0.462 e. The number of hydrogen-bond donors (Lipinski definition) is 2. The zero-order valence-electron chi connectivity index (χ0n) is 16.7. The van der Waals surface area contributed by atoms with E-state index in [1.165, 1.54) is 13.1 Å². The molecule has 11 heteroatoms. The maximum Gasteiger partial charge on any atom is 0.303 e. The molecule has 158 valence electrons. The lowest BCUT2D eigenvalue weighted by Gasteiger charge is -2.10. The molecular weight excluding hydrogens is 405 g/mol. The van der Waals surface area contributed by atoms with Gasteiger partial charge >= 0.3 is 6.01 Å². The summed E-state index contributed by atoms with van der Waals surface area (Å²) in [7, 11) is 0. The van der Waals surface area contributed by atoms with E-state index in [2.05, 4.69) is 36.9 Å². The van der Waals surface area contributed by atoms with Crippen LogP contribution in [0, 0.1) is 18.8 Å². The highest BCUT2D eigenvalue weighted by Crippen LogP contribution is 2.26. The fourth-order valence-electron chi connectivity index (χ4n) is 2.81. The first-order chi connectivity index (χ1) is 14.9. The van der Waals surface area contributed by atoms with E-state index in [9.17, 15) is 9.50 Å². The van der Waals surface area contributed by atoms with E-state index in [1.807, 2.05) is 0 Å². The lowest BCUT2D eigenvalue weighted by Crippen LogP contribution is -2.20. The smallest absolute Gasteiger partial charge is 0.303 e. The number of aromatic nitrogens is 6. The van der Waals surface area contributed by atoms with E-state index < -0.39 is 12.3 Å². The van der Waals surface area contributed by atoms with Crippen LogP contribution in [-0.4, -0.2) is 48.0 Å². The molecule has 0 aliphatic rings. The van der Waals surface area contributed by atoms with E-state index in [0.717, 1.165) is 0 Å². The second-order valence-corrected chi connectivity index (χ2v) is 6.70. The molecule has 31 heavy (non-hydrogen) atoms. The van der Waals surface area contributed by atoms with Crippen molar-refractivity contribution in [2.45, 2.75) is 19.4 Å². The minimum Gasteiger partial charge on any atom is -0.462 e. The number of nitrogens with zero attached hydrogens (tertiary/aromatic N) is 6. The summed E-state index contributed by atoms with van der Waals surface area (Å²) < 4.78 is 24.6. The molecule has 3 N–H and O–H groups in total. The molecule has 0 saturated carbocycles. The second-order valence-electron chi connectivity index (χ2n) is 6.70. The summed E-state index contributed by atoms with van der Waals surface area (Å²) in [4.78, 5) is 16.5. The van der Waals surface area contributed by atoms with Crippen LogP contribution in [0.2, 0.25) is 0 Å². The Bertz CT molecular complexity index is 1300. The van der Waals surface area contributed by atoms with Crippen LogP contribution >= 0.6 is 0 Å². The van der Waals surface area contributed by atoms with Crippen molar-refractivity contribution in [2.75, 3.05) is 19.0 Å². The van der Waals surface area contributed by atoms with Gasteiger partial charge in [0.25, 0.3) is 0 Å². The maximum atomic E-state index is 12.7. The van der Waals surface area contributed by atoms with Crippen LogP contribution in [0.1, 0.15) is 24.2 Å². The molecule has 0 aliphatic carbocycles. The number of nitrogen functional groups attached to an aromatic ring is 1. The van der Waals surface area contributed by atoms with Gasteiger partial charge in [0.1, 0.15) is 19.1 Å². The molecule has 4 rings (SSSR count). The molecule has 1 atom stereocenters. The average molecular weight is 423 g/mol. The highest BCUT2D eigenvalue weighted by molar-refractivity contribution is 5.80. The molecule has 0 unspecified atom stereocenters. The monoisotopic (exact) mass is 423 g/mol. The van der Waals surface area contributed by atoms with Crippen molar-refractivity contribution in [3.8, 4) is 23.7 Å². The lowest BCUT2D eigenvalue weighted by atomic mass is 10.1. The molecule has 0 bridgehead atoms. The minimum absolute atomic E-state index is 0.0678. The Kier molecular flexibility index (Phi) is 5.22. The van der Waals surface area contributed by atoms with Gasteiger partial charge in [0.2, 0.25) is 17.7 Å². The number of aliphatic hydroxyl groups is 1. The van der Waals surface area contributed by atoms with E-state index in [0.29, 0.717) is 28.3 Å². The van der Waals surface area contributed by atoms with E-state index in [-0.39, 0.29) is 24.4 Å². The third-order valence-corrected chi connectivity index (χ3v) is 4.23. The molecule has 0 spiro atoms. The van der Waals surface area contributed by atoms with Crippen molar-refractivity contribution in [1.82, 2.24) is 29.7 Å². The van der Waals surface area contributed by atoms with Crippen LogP contribution in [-0.2, 0) is 5.60 Å². The summed E-state index contributed by atoms with van der Waals surface area (Å²) in [5.74, 6) is 6.52. The first kappa shape index (κ1) is 20.2. The third-order valence-electron chi connectivity index (χ3n) is 4.23. The van der Waals surface area contributed by atoms with Crippen LogP contribution in [0.4, 0.5) is 10.3 Å². The second kappa shape index (κ2) is 8.00. The number of hydrogen-bond acceptors (Lipinski definition) is 9. The van der Waals surface area contributed by atoms with Crippen molar-refractivity contribution in [3.05, 3.63) is 47.7 Å². The summed E-state index contributed by atoms with van der Waals surface area (Å²) in [6.45, 7) is 2.26. The fraction of sp³-hybridized carbons (Fsp3) is 0.250. The highest BCUT2D eigenvalue weighted by Gasteiger charge is 2.26. The molecule has 0 radical (unpaired) electrons. The van der Waals surface area contributed by atoms with Gasteiger partial charge in [0.05, 0.1) is 11.0 Å². The average Bonchev–Trinajstić information content (AvgIpc) is 3.34. The molecule has 0 amide bonds. The number of rotatable bonds is 5. The predicted octanol–water partition coefficient (Wildman–Crippen LogP) is 1.70. The molecule has 0 aliphatic heterocycles. The number of ether oxygens (including phenoxy) is 1. The molecule has 1 aromatic carbocycles. The number of benzene rings is 1. The number of halogens is 1. The number of aryl methyl sites for hydroxylation is 1. The Labute approximate surface area is 175 Å². The standard InChI is InChI=1S/C20H18FN7O3/c1-12-24-17(27-31-12)20(2,29)7-5-13-3-4-14-15(11-13)28(19(25-14)30-10-8-21)16-6-9-23-18(22)26-16/h3-4,6,9,11,29H,8,10H2,1-2H3,(H2,22,23,26)/t20-/m1/s1. The van der Waals surface area contributed by atoms with E-state index in [1.54, 1.807) is 35.8 Å². The first-order valence-electron chi connectivity index (χ1n) is 9.24. The number of nitrogens with two attached hydrogens (primary N) is 1. The Morgan fingerprint density at radius 1 is 1.29 bits per heavy atom. The molecule has 3 aromatic heterocycles. The van der Waals surface area contributed by atoms with Crippen molar-refractivity contribution in [3.63, 3.8) is 0 Å². The fourth-order valence-corrected chi connectivity index (χ4v) is 2.81. The van der Waals surface area contributed by atoms with Crippen LogP contribution in [0.15, 0.2) is 35.0 Å².